The number of primary amides is 1. The minimum atomic E-state index is -0.530. The van der Waals surface area contributed by atoms with Gasteiger partial charge in [0.15, 0.2) is 0 Å². The quantitative estimate of drug-likeness (QED) is 0.934. The number of pyridine rings is 1. The van der Waals surface area contributed by atoms with Crippen molar-refractivity contribution in [1.29, 1.82) is 0 Å². The Hall–Kier alpha value is -1.69. The second kappa shape index (κ2) is 5.97. The van der Waals surface area contributed by atoms with Crippen LogP contribution in [0.1, 0.15) is 5.69 Å². The van der Waals surface area contributed by atoms with Crippen molar-refractivity contribution in [2.45, 2.75) is 12.6 Å². The molecule has 1 aliphatic heterocycles. The number of amides is 1. The van der Waals surface area contributed by atoms with E-state index in [0.29, 0.717) is 24.7 Å². The molecule has 1 aromatic carbocycles. The normalized spacial score (nSPS) is 19.8. The third-order valence-corrected chi connectivity index (χ3v) is 3.80. The molecular formula is C15H16ClN3O2. The van der Waals surface area contributed by atoms with Crippen molar-refractivity contribution in [3.05, 3.63) is 41.0 Å². The van der Waals surface area contributed by atoms with Gasteiger partial charge in [0.2, 0.25) is 5.91 Å². The van der Waals surface area contributed by atoms with E-state index in [9.17, 15) is 4.79 Å². The summed E-state index contributed by atoms with van der Waals surface area (Å²) in [4.78, 5) is 18.0. The Bertz CT molecular complexity index is 677. The van der Waals surface area contributed by atoms with Crippen molar-refractivity contribution in [2.24, 2.45) is 5.73 Å². The van der Waals surface area contributed by atoms with Crippen LogP contribution in [0.4, 0.5) is 0 Å². The number of benzene rings is 1. The van der Waals surface area contributed by atoms with Crippen LogP contribution < -0.4 is 5.73 Å². The van der Waals surface area contributed by atoms with Gasteiger partial charge in [0.05, 0.1) is 17.8 Å². The van der Waals surface area contributed by atoms with E-state index in [4.69, 9.17) is 22.1 Å². The van der Waals surface area contributed by atoms with Gasteiger partial charge in [-0.05, 0) is 24.3 Å². The summed E-state index contributed by atoms with van der Waals surface area (Å²) in [5, 5.41) is 1.72. The first kappa shape index (κ1) is 14.3. The predicted octanol–water partition coefficient (Wildman–Crippen LogP) is 1.57. The number of aromatic nitrogens is 1. The first-order valence-corrected chi connectivity index (χ1v) is 7.18. The molecule has 1 aromatic heterocycles. The predicted molar refractivity (Wildman–Crippen MR) is 81.0 cm³/mol. The number of halogens is 1. The molecule has 0 saturated carbocycles. The molecule has 1 unspecified atom stereocenters. The highest BCUT2D eigenvalue weighted by Crippen LogP contribution is 2.19. The number of nitrogens with two attached hydrogens (primary N) is 1. The van der Waals surface area contributed by atoms with E-state index < -0.39 is 12.0 Å². The minimum absolute atomic E-state index is 0.416. The lowest BCUT2D eigenvalue weighted by Crippen LogP contribution is -2.48. The van der Waals surface area contributed by atoms with Gasteiger partial charge in [-0.25, -0.2) is 0 Å². The molecule has 1 amide bonds. The molecule has 0 radical (unpaired) electrons. The molecule has 1 saturated heterocycles. The molecule has 5 nitrogen and oxygen atoms in total. The van der Waals surface area contributed by atoms with Gasteiger partial charge in [-0.1, -0.05) is 17.7 Å². The minimum Gasteiger partial charge on any atom is -0.367 e. The van der Waals surface area contributed by atoms with Crippen LogP contribution in [0.5, 0.6) is 0 Å². The molecule has 3 rings (SSSR count). The molecular weight excluding hydrogens is 290 g/mol. The average molecular weight is 306 g/mol. The fourth-order valence-electron chi connectivity index (χ4n) is 2.47. The van der Waals surface area contributed by atoms with Crippen molar-refractivity contribution in [3.63, 3.8) is 0 Å². The Kier molecular flexibility index (Phi) is 4.05. The summed E-state index contributed by atoms with van der Waals surface area (Å²) in [5.41, 5.74) is 7.16. The van der Waals surface area contributed by atoms with Crippen LogP contribution in [-0.4, -0.2) is 41.6 Å². The van der Waals surface area contributed by atoms with E-state index in [0.717, 1.165) is 23.1 Å². The molecule has 6 heteroatoms. The van der Waals surface area contributed by atoms with Gasteiger partial charge in [0, 0.05) is 30.0 Å². The number of hydrogen-bond donors (Lipinski definition) is 1. The topological polar surface area (TPSA) is 68.5 Å². The Morgan fingerprint density at radius 1 is 1.43 bits per heavy atom. The van der Waals surface area contributed by atoms with Crippen LogP contribution >= 0.6 is 11.6 Å². The number of carbonyl (C=O) groups is 1. The number of hydrogen-bond acceptors (Lipinski definition) is 4. The van der Waals surface area contributed by atoms with Gasteiger partial charge in [0.25, 0.3) is 0 Å². The molecule has 0 bridgehead atoms. The molecule has 2 aromatic rings. The summed E-state index contributed by atoms with van der Waals surface area (Å²) in [6, 6.07) is 9.62. The van der Waals surface area contributed by atoms with Crippen LogP contribution in [0.25, 0.3) is 10.9 Å². The van der Waals surface area contributed by atoms with Gasteiger partial charge < -0.3 is 10.5 Å². The van der Waals surface area contributed by atoms with Crippen LogP contribution in [0.15, 0.2) is 30.3 Å². The third kappa shape index (κ3) is 3.32. The Labute approximate surface area is 127 Å². The highest BCUT2D eigenvalue weighted by Gasteiger charge is 2.24. The van der Waals surface area contributed by atoms with Crippen molar-refractivity contribution in [2.75, 3.05) is 19.7 Å². The maximum absolute atomic E-state index is 11.2. The van der Waals surface area contributed by atoms with E-state index >= 15 is 0 Å². The smallest absolute Gasteiger partial charge is 0.247 e. The molecule has 21 heavy (non-hydrogen) atoms. The second-order valence-corrected chi connectivity index (χ2v) is 5.57. The van der Waals surface area contributed by atoms with E-state index in [1.165, 1.54) is 0 Å². The molecule has 1 atom stereocenters. The zero-order valence-corrected chi connectivity index (χ0v) is 12.2. The maximum Gasteiger partial charge on any atom is 0.247 e. The van der Waals surface area contributed by atoms with Crippen LogP contribution in [-0.2, 0) is 16.1 Å². The van der Waals surface area contributed by atoms with Crippen molar-refractivity contribution in [3.8, 4) is 0 Å². The number of ether oxygens (including phenoxy) is 1. The van der Waals surface area contributed by atoms with E-state index in [-0.39, 0.29) is 0 Å². The number of morpholine rings is 1. The lowest BCUT2D eigenvalue weighted by Gasteiger charge is -2.30. The number of fused-ring (bicyclic) bond motifs is 1. The zero-order valence-electron chi connectivity index (χ0n) is 11.5. The van der Waals surface area contributed by atoms with Gasteiger partial charge >= 0.3 is 0 Å². The van der Waals surface area contributed by atoms with Gasteiger partial charge in [-0.2, -0.15) is 0 Å². The Morgan fingerprint density at radius 3 is 3.10 bits per heavy atom. The van der Waals surface area contributed by atoms with Crippen molar-refractivity contribution >= 4 is 28.4 Å². The second-order valence-electron chi connectivity index (χ2n) is 5.14. The largest absolute Gasteiger partial charge is 0.367 e. The zero-order chi connectivity index (χ0) is 14.8. The molecule has 0 aliphatic carbocycles. The van der Waals surface area contributed by atoms with E-state index in [1.807, 2.05) is 30.3 Å². The maximum atomic E-state index is 11.2. The lowest BCUT2D eigenvalue weighted by molar-refractivity contribution is -0.135. The van der Waals surface area contributed by atoms with Crippen LogP contribution in [0.2, 0.25) is 5.02 Å². The number of nitrogens with zero attached hydrogens (tertiary/aromatic N) is 2. The van der Waals surface area contributed by atoms with Gasteiger partial charge in [-0.3, -0.25) is 14.7 Å². The first-order chi connectivity index (χ1) is 10.1. The average Bonchev–Trinajstić information content (AvgIpc) is 2.48. The summed E-state index contributed by atoms with van der Waals surface area (Å²) < 4.78 is 5.34. The summed E-state index contributed by atoms with van der Waals surface area (Å²) >= 11 is 5.97. The highest BCUT2D eigenvalue weighted by molar-refractivity contribution is 6.31. The summed E-state index contributed by atoms with van der Waals surface area (Å²) in [6.45, 7) is 2.46. The monoisotopic (exact) mass is 305 g/mol. The standard InChI is InChI=1S/C15H16ClN3O2/c16-11-2-4-13-10(7-11)1-3-12(18-13)8-19-5-6-21-14(9-19)15(17)20/h1-4,7,14H,5-6,8-9H2,(H2,17,20). The Balaban J connectivity index is 1.75. The molecule has 1 aliphatic rings. The first-order valence-electron chi connectivity index (χ1n) is 6.80. The Morgan fingerprint density at radius 2 is 2.29 bits per heavy atom. The number of carbonyl (C=O) groups excluding carboxylic acids is 1. The summed E-state index contributed by atoms with van der Waals surface area (Å²) in [6.07, 6.45) is -0.530. The van der Waals surface area contributed by atoms with Crippen molar-refractivity contribution < 1.29 is 9.53 Å². The number of rotatable bonds is 3. The van der Waals surface area contributed by atoms with Gasteiger partial charge in [0.1, 0.15) is 6.10 Å². The lowest BCUT2D eigenvalue weighted by atomic mass is 10.2. The molecule has 110 valence electrons. The molecule has 0 spiro atoms. The van der Waals surface area contributed by atoms with E-state index in [2.05, 4.69) is 9.88 Å². The third-order valence-electron chi connectivity index (χ3n) is 3.56. The molecule has 2 heterocycles. The van der Waals surface area contributed by atoms with Crippen LogP contribution in [0, 0.1) is 0 Å². The fourth-order valence-corrected chi connectivity index (χ4v) is 2.65. The van der Waals surface area contributed by atoms with Crippen molar-refractivity contribution in [1.82, 2.24) is 9.88 Å². The molecule has 1 fully saturated rings. The molecule has 2 N–H and O–H groups in total. The van der Waals surface area contributed by atoms with Gasteiger partial charge in [-0.15, -0.1) is 0 Å². The highest BCUT2D eigenvalue weighted by atomic mass is 35.5. The SMILES string of the molecule is NC(=O)C1CN(Cc2ccc3cc(Cl)ccc3n2)CCO1. The fraction of sp³-hybridized carbons (Fsp3) is 0.333. The summed E-state index contributed by atoms with van der Waals surface area (Å²) in [7, 11) is 0. The van der Waals surface area contributed by atoms with E-state index in [1.54, 1.807) is 0 Å². The summed E-state index contributed by atoms with van der Waals surface area (Å²) in [5.74, 6) is -0.416. The van der Waals surface area contributed by atoms with Crippen LogP contribution in [0.3, 0.4) is 0 Å².